The molecular formula is C14H10BrCl2N3S. The van der Waals surface area contributed by atoms with Crippen molar-refractivity contribution in [2.45, 2.75) is 6.92 Å². The fourth-order valence-corrected chi connectivity index (χ4v) is 3.90. The lowest BCUT2D eigenvalue weighted by molar-refractivity contribution is 1.11. The van der Waals surface area contributed by atoms with E-state index < -0.39 is 0 Å². The number of benzene rings is 1. The monoisotopic (exact) mass is 401 g/mol. The number of aromatic nitrogens is 2. The van der Waals surface area contributed by atoms with Gasteiger partial charge in [-0.15, -0.1) is 11.3 Å². The lowest BCUT2D eigenvalue weighted by Gasteiger charge is -2.04. The Morgan fingerprint density at radius 3 is 2.62 bits per heavy atom. The van der Waals surface area contributed by atoms with Gasteiger partial charge < -0.3 is 5.73 Å². The van der Waals surface area contributed by atoms with Crippen molar-refractivity contribution in [1.82, 2.24) is 10.2 Å². The van der Waals surface area contributed by atoms with Crippen LogP contribution in [0.15, 0.2) is 28.1 Å². The maximum Gasteiger partial charge on any atom is 0.153 e. The van der Waals surface area contributed by atoms with Crippen molar-refractivity contribution in [1.29, 1.82) is 0 Å². The van der Waals surface area contributed by atoms with E-state index >= 15 is 0 Å². The Balaban J connectivity index is 2.19. The third kappa shape index (κ3) is 2.71. The molecule has 0 spiro atoms. The van der Waals surface area contributed by atoms with Gasteiger partial charge in [0.05, 0.1) is 30.0 Å². The summed E-state index contributed by atoms with van der Waals surface area (Å²) in [5.41, 5.74) is 9.78. The predicted octanol–water partition coefficient (Wildman–Crippen LogP) is 5.77. The number of H-pyrrole nitrogens is 1. The number of rotatable bonds is 2. The molecule has 0 amide bonds. The molecule has 3 N–H and O–H groups in total. The number of hydrogen-bond donors (Lipinski definition) is 2. The van der Waals surface area contributed by atoms with Gasteiger partial charge in [0.2, 0.25) is 0 Å². The van der Waals surface area contributed by atoms with Crippen LogP contribution in [-0.4, -0.2) is 10.2 Å². The third-order valence-corrected chi connectivity index (χ3v) is 6.00. The minimum Gasteiger partial charge on any atom is -0.382 e. The Hall–Kier alpha value is -1.01. The van der Waals surface area contributed by atoms with Crippen LogP contribution in [0.2, 0.25) is 10.0 Å². The first-order valence-electron chi connectivity index (χ1n) is 6.03. The van der Waals surface area contributed by atoms with Crippen LogP contribution in [0, 0.1) is 6.92 Å². The zero-order valence-electron chi connectivity index (χ0n) is 10.9. The third-order valence-electron chi connectivity index (χ3n) is 3.11. The highest BCUT2D eigenvalue weighted by molar-refractivity contribution is 9.11. The molecule has 0 aliphatic rings. The molecule has 2 aromatic heterocycles. The summed E-state index contributed by atoms with van der Waals surface area (Å²) in [6.45, 7) is 2.04. The standard InChI is InChI=1S/C14H10BrCl2N3S/c1-6-4-10(21-13(6)15)12-11(14(18)20-19-12)7-2-3-8(16)9(17)5-7/h2-5H,1H3,(H3,18,19,20). The highest BCUT2D eigenvalue weighted by Gasteiger charge is 2.18. The van der Waals surface area contributed by atoms with E-state index in [9.17, 15) is 0 Å². The summed E-state index contributed by atoms with van der Waals surface area (Å²) >= 11 is 17.2. The van der Waals surface area contributed by atoms with E-state index in [1.807, 2.05) is 13.0 Å². The normalized spacial score (nSPS) is 11.0. The average Bonchev–Trinajstić information content (AvgIpc) is 2.97. The van der Waals surface area contributed by atoms with Gasteiger partial charge in [0, 0.05) is 0 Å². The average molecular weight is 403 g/mol. The van der Waals surface area contributed by atoms with Crippen LogP contribution in [0.5, 0.6) is 0 Å². The number of nitrogens with zero attached hydrogens (tertiary/aromatic N) is 1. The highest BCUT2D eigenvalue weighted by Crippen LogP contribution is 2.41. The molecule has 2 heterocycles. The van der Waals surface area contributed by atoms with Crippen LogP contribution >= 0.6 is 50.5 Å². The van der Waals surface area contributed by atoms with Crippen LogP contribution in [0.1, 0.15) is 5.56 Å². The molecule has 0 unspecified atom stereocenters. The number of halogens is 3. The van der Waals surface area contributed by atoms with Crippen LogP contribution in [0.4, 0.5) is 5.82 Å². The number of thiophene rings is 1. The summed E-state index contributed by atoms with van der Waals surface area (Å²) in [6, 6.07) is 7.52. The highest BCUT2D eigenvalue weighted by atomic mass is 79.9. The van der Waals surface area contributed by atoms with Crippen LogP contribution in [0.25, 0.3) is 21.7 Å². The van der Waals surface area contributed by atoms with E-state index in [1.165, 1.54) is 5.56 Å². The van der Waals surface area contributed by atoms with Crippen molar-refractivity contribution < 1.29 is 0 Å². The number of hydrogen-bond acceptors (Lipinski definition) is 3. The van der Waals surface area contributed by atoms with Crippen LogP contribution < -0.4 is 5.73 Å². The molecule has 0 aliphatic carbocycles. The number of nitrogens with two attached hydrogens (primary N) is 1. The molecule has 0 radical (unpaired) electrons. The second kappa shape index (κ2) is 5.65. The van der Waals surface area contributed by atoms with Gasteiger partial charge in [-0.3, -0.25) is 5.10 Å². The summed E-state index contributed by atoms with van der Waals surface area (Å²) in [6.07, 6.45) is 0. The van der Waals surface area contributed by atoms with Gasteiger partial charge in [-0.1, -0.05) is 29.3 Å². The number of aryl methyl sites for hydroxylation is 1. The van der Waals surface area contributed by atoms with Gasteiger partial charge in [0.15, 0.2) is 5.82 Å². The molecule has 3 rings (SSSR count). The fourth-order valence-electron chi connectivity index (χ4n) is 2.06. The molecule has 0 fully saturated rings. The van der Waals surface area contributed by atoms with Crippen molar-refractivity contribution in [2.75, 3.05) is 5.73 Å². The van der Waals surface area contributed by atoms with Crippen molar-refractivity contribution in [3.05, 3.63) is 43.7 Å². The molecule has 0 aliphatic heterocycles. The number of nitrogen functional groups attached to an aromatic ring is 1. The molecule has 0 bridgehead atoms. The zero-order chi connectivity index (χ0) is 15.1. The second-order valence-electron chi connectivity index (χ2n) is 4.56. The van der Waals surface area contributed by atoms with E-state index in [1.54, 1.807) is 23.5 Å². The molecule has 7 heteroatoms. The molecule has 108 valence electrons. The molecule has 0 saturated carbocycles. The van der Waals surface area contributed by atoms with Crippen molar-refractivity contribution in [3.8, 4) is 21.7 Å². The smallest absolute Gasteiger partial charge is 0.153 e. The van der Waals surface area contributed by atoms with Crippen LogP contribution in [-0.2, 0) is 0 Å². The Kier molecular flexibility index (Phi) is 4.01. The maximum absolute atomic E-state index is 6.10. The van der Waals surface area contributed by atoms with Gasteiger partial charge in [0.1, 0.15) is 0 Å². The molecule has 0 atom stereocenters. The van der Waals surface area contributed by atoms with Gasteiger partial charge in [-0.25, -0.2) is 0 Å². The summed E-state index contributed by atoms with van der Waals surface area (Å²) in [5.74, 6) is 0.436. The van der Waals surface area contributed by atoms with Crippen molar-refractivity contribution in [3.63, 3.8) is 0 Å². The predicted molar refractivity (Wildman–Crippen MR) is 94.2 cm³/mol. The summed E-state index contributed by atoms with van der Waals surface area (Å²) < 4.78 is 1.09. The van der Waals surface area contributed by atoms with Crippen LogP contribution in [0.3, 0.4) is 0 Å². The lowest BCUT2D eigenvalue weighted by Crippen LogP contribution is -1.88. The van der Waals surface area contributed by atoms with E-state index in [4.69, 9.17) is 28.9 Å². The van der Waals surface area contributed by atoms with Crippen molar-refractivity contribution >= 4 is 56.3 Å². The quantitative estimate of drug-likeness (QED) is 0.571. The van der Waals surface area contributed by atoms with E-state index in [0.717, 1.165) is 25.5 Å². The first-order chi connectivity index (χ1) is 9.97. The first-order valence-corrected chi connectivity index (χ1v) is 8.39. The van der Waals surface area contributed by atoms with E-state index in [-0.39, 0.29) is 0 Å². The number of aromatic amines is 1. The summed E-state index contributed by atoms with van der Waals surface area (Å²) in [7, 11) is 0. The Morgan fingerprint density at radius 2 is 2.00 bits per heavy atom. The van der Waals surface area contributed by atoms with Gasteiger partial charge in [-0.2, -0.15) is 5.10 Å². The molecule has 3 aromatic rings. The Labute approximate surface area is 144 Å². The fraction of sp³-hybridized carbons (Fsp3) is 0.0714. The number of anilines is 1. The molecule has 0 saturated heterocycles. The molecule has 3 nitrogen and oxygen atoms in total. The second-order valence-corrected chi connectivity index (χ2v) is 7.74. The van der Waals surface area contributed by atoms with Gasteiger partial charge in [-0.05, 0) is 52.2 Å². The minimum absolute atomic E-state index is 0.436. The summed E-state index contributed by atoms with van der Waals surface area (Å²) in [5, 5.41) is 8.13. The lowest BCUT2D eigenvalue weighted by atomic mass is 10.0. The maximum atomic E-state index is 6.10. The first kappa shape index (κ1) is 14.9. The summed E-state index contributed by atoms with van der Waals surface area (Å²) in [4.78, 5) is 1.06. The SMILES string of the molecule is Cc1cc(-c2[nH]nc(N)c2-c2ccc(Cl)c(Cl)c2)sc1Br. The Morgan fingerprint density at radius 1 is 1.24 bits per heavy atom. The van der Waals surface area contributed by atoms with Gasteiger partial charge in [0.25, 0.3) is 0 Å². The Bertz CT molecular complexity index is 806. The topological polar surface area (TPSA) is 54.7 Å². The molecule has 1 aromatic carbocycles. The molecular weight excluding hydrogens is 393 g/mol. The minimum atomic E-state index is 0.436. The zero-order valence-corrected chi connectivity index (χ0v) is 14.8. The molecule has 21 heavy (non-hydrogen) atoms. The van der Waals surface area contributed by atoms with Gasteiger partial charge >= 0.3 is 0 Å². The number of nitrogens with one attached hydrogen (secondary N) is 1. The van der Waals surface area contributed by atoms with Crippen molar-refractivity contribution in [2.24, 2.45) is 0 Å². The van der Waals surface area contributed by atoms with E-state index in [2.05, 4.69) is 32.2 Å². The largest absolute Gasteiger partial charge is 0.382 e. The van der Waals surface area contributed by atoms with E-state index in [0.29, 0.717) is 15.9 Å².